The minimum absolute atomic E-state index is 0.170. The monoisotopic (exact) mass is 219 g/mol. The van der Waals surface area contributed by atoms with Crippen molar-refractivity contribution >= 4 is 6.09 Å². The second-order valence-corrected chi connectivity index (χ2v) is 3.03. The molecule has 0 saturated carbocycles. The Morgan fingerprint density at radius 1 is 1.44 bits per heavy atom. The summed E-state index contributed by atoms with van der Waals surface area (Å²) < 4.78 is 9.68. The SMILES string of the molecule is NC(=O)Oc1ccc(Cc2ncco2)cn1. The van der Waals surface area contributed by atoms with Gasteiger partial charge in [-0.05, 0) is 5.56 Å². The van der Waals surface area contributed by atoms with Gasteiger partial charge in [0.25, 0.3) is 0 Å². The molecule has 0 aromatic carbocycles. The fraction of sp³-hybridized carbons (Fsp3) is 0.100. The summed E-state index contributed by atoms with van der Waals surface area (Å²) in [5.41, 5.74) is 5.75. The van der Waals surface area contributed by atoms with Crippen LogP contribution in [0.2, 0.25) is 0 Å². The molecule has 0 atom stereocenters. The van der Waals surface area contributed by atoms with Crippen molar-refractivity contribution in [1.29, 1.82) is 0 Å². The van der Waals surface area contributed by atoms with Gasteiger partial charge in [0, 0.05) is 12.3 Å². The van der Waals surface area contributed by atoms with Crippen LogP contribution in [0, 0.1) is 0 Å². The topological polar surface area (TPSA) is 91.2 Å². The summed E-state index contributed by atoms with van der Waals surface area (Å²) >= 11 is 0. The highest BCUT2D eigenvalue weighted by Crippen LogP contribution is 2.10. The second kappa shape index (κ2) is 4.43. The summed E-state index contributed by atoms with van der Waals surface area (Å²) in [5.74, 6) is 0.772. The van der Waals surface area contributed by atoms with E-state index in [1.165, 1.54) is 6.26 Å². The molecule has 0 radical (unpaired) electrons. The summed E-state index contributed by atoms with van der Waals surface area (Å²) in [7, 11) is 0. The molecular formula is C10H9N3O3. The molecule has 6 heteroatoms. The molecule has 2 aromatic heterocycles. The van der Waals surface area contributed by atoms with E-state index in [2.05, 4.69) is 14.7 Å². The number of amides is 1. The van der Waals surface area contributed by atoms with Crippen LogP contribution in [0.5, 0.6) is 5.88 Å². The van der Waals surface area contributed by atoms with E-state index in [4.69, 9.17) is 10.2 Å². The van der Waals surface area contributed by atoms with Gasteiger partial charge >= 0.3 is 6.09 Å². The number of hydrogen-bond donors (Lipinski definition) is 1. The van der Waals surface area contributed by atoms with E-state index in [0.29, 0.717) is 12.3 Å². The average Bonchev–Trinajstić information content (AvgIpc) is 2.73. The summed E-state index contributed by atoms with van der Waals surface area (Å²) in [6, 6.07) is 3.32. The van der Waals surface area contributed by atoms with Crippen LogP contribution in [0.3, 0.4) is 0 Å². The van der Waals surface area contributed by atoms with Crippen LogP contribution in [0.1, 0.15) is 11.5 Å². The lowest BCUT2D eigenvalue weighted by atomic mass is 10.2. The molecule has 0 saturated heterocycles. The fourth-order valence-corrected chi connectivity index (χ4v) is 1.19. The zero-order chi connectivity index (χ0) is 11.4. The summed E-state index contributed by atoms with van der Waals surface area (Å²) in [6.45, 7) is 0. The quantitative estimate of drug-likeness (QED) is 0.835. The Balaban J connectivity index is 2.05. The number of oxazole rings is 1. The van der Waals surface area contributed by atoms with Crippen LogP contribution in [0.15, 0.2) is 35.2 Å². The average molecular weight is 219 g/mol. The third kappa shape index (κ3) is 2.57. The van der Waals surface area contributed by atoms with Gasteiger partial charge in [-0.25, -0.2) is 14.8 Å². The Labute approximate surface area is 91.1 Å². The smallest absolute Gasteiger partial charge is 0.411 e. The van der Waals surface area contributed by atoms with Crippen LogP contribution in [0.4, 0.5) is 4.79 Å². The lowest BCUT2D eigenvalue weighted by Gasteiger charge is -2.00. The first-order chi connectivity index (χ1) is 7.74. The number of primary amides is 1. The number of hydrogen-bond acceptors (Lipinski definition) is 5. The highest BCUT2D eigenvalue weighted by molar-refractivity contribution is 5.67. The van der Waals surface area contributed by atoms with E-state index in [-0.39, 0.29) is 5.88 Å². The standard InChI is InChI=1S/C10H9N3O3/c11-10(14)16-8-2-1-7(6-13-8)5-9-12-3-4-15-9/h1-4,6H,5H2,(H2,11,14). The first-order valence-electron chi connectivity index (χ1n) is 4.54. The minimum atomic E-state index is -0.882. The molecule has 0 aliphatic heterocycles. The Morgan fingerprint density at radius 3 is 2.88 bits per heavy atom. The van der Waals surface area contributed by atoms with E-state index < -0.39 is 6.09 Å². The molecule has 6 nitrogen and oxygen atoms in total. The largest absolute Gasteiger partial charge is 0.449 e. The number of nitrogens with two attached hydrogens (primary N) is 1. The zero-order valence-corrected chi connectivity index (χ0v) is 8.29. The second-order valence-electron chi connectivity index (χ2n) is 3.03. The third-order valence-corrected chi connectivity index (χ3v) is 1.84. The summed E-state index contributed by atoms with van der Waals surface area (Å²) in [5, 5.41) is 0. The van der Waals surface area contributed by atoms with Crippen molar-refractivity contribution in [3.05, 3.63) is 42.2 Å². The molecule has 82 valence electrons. The molecule has 2 rings (SSSR count). The van der Waals surface area contributed by atoms with Gasteiger partial charge in [-0.2, -0.15) is 0 Å². The summed E-state index contributed by atoms with van der Waals surface area (Å²) in [6.07, 6.45) is 4.31. The Hall–Kier alpha value is -2.37. The minimum Gasteiger partial charge on any atom is -0.449 e. The van der Waals surface area contributed by atoms with Gasteiger partial charge in [0.2, 0.25) is 5.88 Å². The number of carbonyl (C=O) groups excluding carboxylic acids is 1. The predicted molar refractivity (Wildman–Crippen MR) is 53.8 cm³/mol. The Kier molecular flexibility index (Phi) is 2.81. The van der Waals surface area contributed by atoms with Gasteiger partial charge in [-0.1, -0.05) is 6.07 Å². The molecule has 0 bridgehead atoms. The van der Waals surface area contributed by atoms with Gasteiger partial charge in [-0.3, -0.25) is 0 Å². The Bertz CT molecular complexity index is 465. The van der Waals surface area contributed by atoms with Gasteiger partial charge < -0.3 is 14.9 Å². The highest BCUT2D eigenvalue weighted by atomic mass is 16.6. The van der Waals surface area contributed by atoms with Crippen molar-refractivity contribution in [3.8, 4) is 5.88 Å². The molecule has 0 unspecified atom stereocenters. The lowest BCUT2D eigenvalue weighted by Crippen LogP contribution is -2.16. The normalized spacial score (nSPS) is 10.0. The van der Waals surface area contributed by atoms with Crippen molar-refractivity contribution in [1.82, 2.24) is 9.97 Å². The van der Waals surface area contributed by atoms with Gasteiger partial charge in [0.15, 0.2) is 5.89 Å². The van der Waals surface area contributed by atoms with Crippen molar-refractivity contribution in [3.63, 3.8) is 0 Å². The van der Waals surface area contributed by atoms with Gasteiger partial charge in [0.1, 0.15) is 6.26 Å². The number of carbonyl (C=O) groups is 1. The molecule has 0 aliphatic rings. The first kappa shape index (κ1) is 10.2. The molecule has 2 heterocycles. The molecule has 0 spiro atoms. The van der Waals surface area contributed by atoms with Crippen molar-refractivity contribution in [2.45, 2.75) is 6.42 Å². The van der Waals surface area contributed by atoms with E-state index in [9.17, 15) is 4.79 Å². The number of ether oxygens (including phenoxy) is 1. The van der Waals surface area contributed by atoms with Crippen LogP contribution < -0.4 is 10.5 Å². The maximum Gasteiger partial charge on any atom is 0.411 e. The van der Waals surface area contributed by atoms with Crippen LogP contribution in [-0.4, -0.2) is 16.1 Å². The number of rotatable bonds is 3. The molecule has 0 aliphatic carbocycles. The van der Waals surface area contributed by atoms with Crippen LogP contribution in [-0.2, 0) is 6.42 Å². The molecule has 2 aromatic rings. The predicted octanol–water partition coefficient (Wildman–Crippen LogP) is 1.12. The maximum absolute atomic E-state index is 10.4. The zero-order valence-electron chi connectivity index (χ0n) is 8.29. The van der Waals surface area contributed by atoms with Crippen LogP contribution in [0.25, 0.3) is 0 Å². The van der Waals surface area contributed by atoms with E-state index in [1.807, 2.05) is 0 Å². The lowest BCUT2D eigenvalue weighted by molar-refractivity contribution is 0.209. The van der Waals surface area contributed by atoms with Crippen molar-refractivity contribution < 1.29 is 13.9 Å². The number of aromatic nitrogens is 2. The molecule has 1 amide bonds. The number of pyridine rings is 1. The van der Waals surface area contributed by atoms with Crippen molar-refractivity contribution in [2.75, 3.05) is 0 Å². The Morgan fingerprint density at radius 2 is 2.31 bits per heavy atom. The van der Waals surface area contributed by atoms with Crippen LogP contribution >= 0.6 is 0 Å². The van der Waals surface area contributed by atoms with Gasteiger partial charge in [-0.15, -0.1) is 0 Å². The fourth-order valence-electron chi connectivity index (χ4n) is 1.19. The first-order valence-corrected chi connectivity index (χ1v) is 4.54. The molecule has 16 heavy (non-hydrogen) atoms. The molecular weight excluding hydrogens is 210 g/mol. The summed E-state index contributed by atoms with van der Waals surface area (Å²) in [4.78, 5) is 18.3. The van der Waals surface area contributed by atoms with E-state index in [1.54, 1.807) is 24.5 Å². The highest BCUT2D eigenvalue weighted by Gasteiger charge is 2.03. The van der Waals surface area contributed by atoms with E-state index in [0.717, 1.165) is 5.56 Å². The third-order valence-electron chi connectivity index (χ3n) is 1.84. The maximum atomic E-state index is 10.4. The van der Waals surface area contributed by atoms with E-state index >= 15 is 0 Å². The number of nitrogens with zero attached hydrogens (tertiary/aromatic N) is 2. The molecule has 0 fully saturated rings. The van der Waals surface area contributed by atoms with Gasteiger partial charge in [0.05, 0.1) is 12.6 Å². The van der Waals surface area contributed by atoms with Crippen molar-refractivity contribution in [2.24, 2.45) is 5.73 Å². The molecule has 2 N–H and O–H groups in total.